The Morgan fingerprint density at radius 2 is 1.43 bits per heavy atom. The van der Waals surface area contributed by atoms with Crippen molar-refractivity contribution < 1.29 is 40.3 Å². The van der Waals surface area contributed by atoms with Crippen molar-refractivity contribution in [1.29, 1.82) is 0 Å². The number of ketones is 1. The number of Topliss-reactive ketones (excluding diaryl/α,β-unsaturated/α-hetero) is 1. The highest BCUT2D eigenvalue weighted by Crippen LogP contribution is 2.35. The van der Waals surface area contributed by atoms with Gasteiger partial charge in [0.1, 0.15) is 10.7 Å². The number of hydrazone groups is 1. The van der Waals surface area contributed by atoms with E-state index in [1.807, 2.05) is 19.1 Å². The molecule has 0 heterocycles. The van der Waals surface area contributed by atoms with Crippen LogP contribution in [-0.4, -0.2) is 43.3 Å². The van der Waals surface area contributed by atoms with Crippen LogP contribution in [0.5, 0.6) is 11.5 Å². The standard InChI is InChI=1S/C30H23N3O9S2/c1-18-9-5-7-13-24(18)42-25-14-8-6-12-22(25)32-33-28-26(44(39,40)41)16-20-15-21(43(36,37)38)17-23(27(20)29(28)34)31-30(35)19-10-3-2-4-11-19/h2-17,32H,1H3,(H,31,35)(H,36,37,38)(H,39,40,41)/b33-28-. The first-order valence-electron chi connectivity index (χ1n) is 12.8. The Morgan fingerprint density at radius 1 is 0.795 bits per heavy atom. The summed E-state index contributed by atoms with van der Waals surface area (Å²) in [5.74, 6) is -0.994. The van der Waals surface area contributed by atoms with Gasteiger partial charge in [-0.2, -0.15) is 21.9 Å². The molecule has 0 atom stereocenters. The van der Waals surface area contributed by atoms with Gasteiger partial charge in [-0.3, -0.25) is 24.1 Å². The summed E-state index contributed by atoms with van der Waals surface area (Å²) in [7, 11) is -9.99. The third kappa shape index (κ3) is 6.43. The molecule has 4 N–H and O–H groups in total. The molecule has 224 valence electrons. The summed E-state index contributed by atoms with van der Waals surface area (Å²) >= 11 is 0. The Morgan fingerprint density at radius 3 is 2.09 bits per heavy atom. The number of rotatable bonds is 8. The zero-order chi connectivity index (χ0) is 31.6. The number of amides is 1. The van der Waals surface area contributed by atoms with E-state index in [0.717, 1.165) is 23.8 Å². The van der Waals surface area contributed by atoms with Gasteiger partial charge in [-0.15, -0.1) is 0 Å². The van der Waals surface area contributed by atoms with Crippen LogP contribution in [0, 0.1) is 6.92 Å². The van der Waals surface area contributed by atoms with E-state index in [0.29, 0.717) is 5.75 Å². The number of nitrogens with one attached hydrogen (secondary N) is 2. The molecular formula is C30H23N3O9S2. The Kier molecular flexibility index (Phi) is 8.17. The lowest BCUT2D eigenvalue weighted by Crippen LogP contribution is -2.29. The highest BCUT2D eigenvalue weighted by atomic mass is 32.2. The molecule has 0 aromatic heterocycles. The van der Waals surface area contributed by atoms with Crippen molar-refractivity contribution in [3.63, 3.8) is 0 Å². The zero-order valence-corrected chi connectivity index (χ0v) is 24.4. The highest BCUT2D eigenvalue weighted by Gasteiger charge is 2.36. The molecule has 0 aliphatic heterocycles. The first-order valence-corrected chi connectivity index (χ1v) is 15.6. The van der Waals surface area contributed by atoms with Crippen LogP contribution < -0.4 is 15.5 Å². The maximum atomic E-state index is 13.8. The first kappa shape index (κ1) is 30.3. The summed E-state index contributed by atoms with van der Waals surface area (Å²) in [6.45, 7) is 1.84. The minimum atomic E-state index is -5.11. The van der Waals surface area contributed by atoms with Crippen LogP contribution in [0.25, 0.3) is 6.08 Å². The third-order valence-electron chi connectivity index (χ3n) is 6.45. The van der Waals surface area contributed by atoms with Crippen LogP contribution in [0.4, 0.5) is 11.4 Å². The normalized spacial score (nSPS) is 14.0. The summed E-state index contributed by atoms with van der Waals surface area (Å²) < 4.78 is 74.5. The average molecular weight is 634 g/mol. The largest absolute Gasteiger partial charge is 0.455 e. The second-order valence-corrected chi connectivity index (χ2v) is 12.3. The monoisotopic (exact) mass is 633 g/mol. The fourth-order valence-corrected chi connectivity index (χ4v) is 5.53. The predicted molar refractivity (Wildman–Crippen MR) is 163 cm³/mol. The zero-order valence-electron chi connectivity index (χ0n) is 22.8. The van der Waals surface area contributed by atoms with Gasteiger partial charge in [0.15, 0.2) is 11.5 Å². The number of para-hydroxylation sites is 3. The number of hydrogen-bond donors (Lipinski definition) is 4. The first-order chi connectivity index (χ1) is 20.8. The van der Waals surface area contributed by atoms with Crippen molar-refractivity contribution in [3.05, 3.63) is 118 Å². The average Bonchev–Trinajstić information content (AvgIpc) is 2.97. The van der Waals surface area contributed by atoms with Gasteiger partial charge < -0.3 is 10.1 Å². The second-order valence-electron chi connectivity index (χ2n) is 9.48. The fourth-order valence-electron chi connectivity index (χ4n) is 4.33. The fraction of sp³-hybridized carbons (Fsp3) is 0.0333. The second kappa shape index (κ2) is 11.9. The van der Waals surface area contributed by atoms with Crippen LogP contribution in [-0.2, 0) is 20.2 Å². The van der Waals surface area contributed by atoms with E-state index in [2.05, 4.69) is 15.8 Å². The van der Waals surface area contributed by atoms with Gasteiger partial charge in [-0.05, 0) is 66.6 Å². The Labute approximate surface area is 252 Å². The van der Waals surface area contributed by atoms with E-state index >= 15 is 0 Å². The van der Waals surface area contributed by atoms with E-state index in [1.165, 1.54) is 12.1 Å². The van der Waals surface area contributed by atoms with Gasteiger partial charge in [-0.25, -0.2) is 0 Å². The van der Waals surface area contributed by atoms with E-state index in [1.54, 1.807) is 54.6 Å². The third-order valence-corrected chi connectivity index (χ3v) is 8.15. The molecule has 12 nitrogen and oxygen atoms in total. The number of benzene rings is 4. The van der Waals surface area contributed by atoms with Crippen LogP contribution in [0.3, 0.4) is 0 Å². The summed E-state index contributed by atoms with van der Waals surface area (Å²) in [5, 5.41) is 6.45. The number of allylic oxidation sites excluding steroid dienone is 1. The molecule has 0 saturated heterocycles. The number of hydrogen-bond acceptors (Lipinski definition) is 9. The molecule has 0 unspecified atom stereocenters. The van der Waals surface area contributed by atoms with Crippen LogP contribution in [0.1, 0.15) is 31.8 Å². The Hall–Kier alpha value is -5.15. The molecule has 4 aromatic rings. The lowest BCUT2D eigenvalue weighted by atomic mass is 9.92. The minimum absolute atomic E-state index is 0.164. The van der Waals surface area contributed by atoms with E-state index in [4.69, 9.17) is 4.74 Å². The maximum absolute atomic E-state index is 13.8. The minimum Gasteiger partial charge on any atom is -0.455 e. The molecular weight excluding hydrogens is 610 g/mol. The molecule has 0 saturated carbocycles. The summed E-state index contributed by atoms with van der Waals surface area (Å²) in [6.07, 6.45) is 0.815. The van der Waals surface area contributed by atoms with Crippen LogP contribution >= 0.6 is 0 Å². The number of carbonyl (C=O) groups excluding carboxylic acids is 2. The quantitative estimate of drug-likeness (QED) is 0.149. The molecule has 14 heteroatoms. The van der Waals surface area contributed by atoms with Crippen LogP contribution in [0.15, 0.2) is 106 Å². The van der Waals surface area contributed by atoms with Crippen molar-refractivity contribution in [2.24, 2.45) is 5.10 Å². The lowest BCUT2D eigenvalue weighted by molar-refractivity contribution is 0.102. The number of anilines is 2. The topological polar surface area (TPSA) is 189 Å². The van der Waals surface area contributed by atoms with Gasteiger partial charge in [0.25, 0.3) is 26.1 Å². The Bertz CT molecular complexity index is 2090. The molecule has 44 heavy (non-hydrogen) atoms. The van der Waals surface area contributed by atoms with Crippen molar-refractivity contribution in [1.82, 2.24) is 0 Å². The smallest absolute Gasteiger partial charge is 0.296 e. The van der Waals surface area contributed by atoms with Crippen molar-refractivity contribution >= 4 is 55.1 Å². The van der Waals surface area contributed by atoms with E-state index < -0.39 is 47.4 Å². The molecule has 0 radical (unpaired) electrons. The number of ether oxygens (including phenoxy) is 1. The molecule has 1 aliphatic rings. The molecule has 4 aromatic carbocycles. The van der Waals surface area contributed by atoms with Gasteiger partial charge in [0, 0.05) is 5.56 Å². The molecule has 5 rings (SSSR count). The highest BCUT2D eigenvalue weighted by molar-refractivity contribution is 7.91. The number of carbonyl (C=O) groups is 2. The van der Waals surface area contributed by atoms with Gasteiger partial charge in [-0.1, -0.05) is 48.5 Å². The molecule has 0 fully saturated rings. The number of nitrogens with zero attached hydrogens (tertiary/aromatic N) is 1. The van der Waals surface area contributed by atoms with Crippen molar-refractivity contribution in [2.75, 3.05) is 10.7 Å². The summed E-state index contributed by atoms with van der Waals surface area (Å²) in [5.41, 5.74) is 2.07. The number of fused-ring (bicyclic) bond motifs is 1. The van der Waals surface area contributed by atoms with Gasteiger partial charge in [0.2, 0.25) is 5.78 Å². The van der Waals surface area contributed by atoms with Crippen molar-refractivity contribution in [2.45, 2.75) is 11.8 Å². The molecule has 1 aliphatic carbocycles. The SMILES string of the molecule is Cc1ccccc1Oc1ccccc1N/N=C1\C(=O)c2c(cc(S(=O)(=O)O)cc2NC(=O)c2ccccc2)C=C1S(=O)(=O)O. The summed E-state index contributed by atoms with van der Waals surface area (Å²) in [4.78, 5) is 25.1. The van der Waals surface area contributed by atoms with E-state index in [-0.39, 0.29) is 33.8 Å². The lowest BCUT2D eigenvalue weighted by Gasteiger charge is -2.20. The number of aryl methyl sites for hydroxylation is 1. The van der Waals surface area contributed by atoms with Gasteiger partial charge in [0.05, 0.1) is 21.8 Å². The molecule has 0 bridgehead atoms. The van der Waals surface area contributed by atoms with Crippen molar-refractivity contribution in [3.8, 4) is 11.5 Å². The maximum Gasteiger partial charge on any atom is 0.296 e. The molecule has 1 amide bonds. The van der Waals surface area contributed by atoms with E-state index in [9.17, 15) is 35.5 Å². The van der Waals surface area contributed by atoms with Crippen LogP contribution in [0.2, 0.25) is 0 Å². The molecule has 0 spiro atoms. The summed E-state index contributed by atoms with van der Waals surface area (Å²) in [6, 6.07) is 23.2. The van der Waals surface area contributed by atoms with Gasteiger partial charge >= 0.3 is 0 Å². The Balaban J connectivity index is 1.61. The predicted octanol–water partition coefficient (Wildman–Crippen LogP) is 5.18.